The summed E-state index contributed by atoms with van der Waals surface area (Å²) in [5, 5.41) is 3.91. The van der Waals surface area contributed by atoms with Crippen LogP contribution in [0.2, 0.25) is 5.02 Å². The normalized spacial score (nSPS) is 17.8. The predicted octanol–water partition coefficient (Wildman–Crippen LogP) is 6.97. The van der Waals surface area contributed by atoms with Crippen molar-refractivity contribution in [2.45, 2.75) is 31.7 Å². The number of amides is 1. The van der Waals surface area contributed by atoms with Gasteiger partial charge in [-0.25, -0.2) is 0 Å². The van der Waals surface area contributed by atoms with E-state index in [1.165, 1.54) is 6.42 Å². The van der Waals surface area contributed by atoms with Crippen LogP contribution < -0.4 is 10.2 Å². The number of nitrogens with zero attached hydrogens (tertiary/aromatic N) is 1. The molecule has 1 aliphatic carbocycles. The van der Waals surface area contributed by atoms with Gasteiger partial charge < -0.3 is 10.2 Å². The van der Waals surface area contributed by atoms with E-state index in [0.29, 0.717) is 5.02 Å². The Bertz CT molecular complexity index is 1180. The molecule has 0 saturated carbocycles. The maximum Gasteiger partial charge on any atom is 0.251 e. The molecule has 3 aromatic rings. The lowest BCUT2D eigenvalue weighted by atomic mass is 9.90. The summed E-state index contributed by atoms with van der Waals surface area (Å²) in [6.45, 7) is 0. The molecule has 0 saturated heterocycles. The fourth-order valence-corrected chi connectivity index (χ4v) is 4.67. The largest absolute Gasteiger partial charge is 0.328 e. The predicted molar refractivity (Wildman–Crippen MR) is 132 cm³/mol. The Morgan fingerprint density at radius 2 is 1.66 bits per heavy atom. The Morgan fingerprint density at radius 3 is 2.41 bits per heavy atom. The molecule has 160 valence electrons. The number of hydrogen-bond acceptors (Lipinski definition) is 2. The van der Waals surface area contributed by atoms with Crippen LogP contribution in [0.5, 0.6) is 0 Å². The zero-order valence-corrected chi connectivity index (χ0v) is 18.6. The monoisotopic (exact) mass is 440 g/mol. The van der Waals surface area contributed by atoms with Crippen LogP contribution in [-0.2, 0) is 4.79 Å². The molecule has 4 heteroatoms. The van der Waals surface area contributed by atoms with Gasteiger partial charge in [-0.05, 0) is 72.7 Å². The van der Waals surface area contributed by atoms with Gasteiger partial charge in [-0.2, -0.15) is 0 Å². The third-order valence-corrected chi connectivity index (χ3v) is 6.35. The smallest absolute Gasteiger partial charge is 0.251 e. The van der Waals surface area contributed by atoms with Gasteiger partial charge in [0.15, 0.2) is 0 Å². The molecule has 0 spiro atoms. The zero-order valence-electron chi connectivity index (χ0n) is 17.8. The van der Waals surface area contributed by atoms with E-state index >= 15 is 0 Å². The molecule has 0 radical (unpaired) electrons. The van der Waals surface area contributed by atoms with Gasteiger partial charge in [0.1, 0.15) is 6.04 Å². The van der Waals surface area contributed by atoms with Gasteiger partial charge in [-0.15, -0.1) is 0 Å². The number of fused-ring (bicyclic) bond motifs is 1. The van der Waals surface area contributed by atoms with Gasteiger partial charge in [-0.3, -0.25) is 4.79 Å². The SMILES string of the molecule is O=C(NC1=CCCCC1)C1c2ccccc2C=C(c2ccccc2)N1c1ccc(Cl)cc1. The Hall–Kier alpha value is -3.30. The molecule has 1 amide bonds. The van der Waals surface area contributed by atoms with E-state index in [2.05, 4.69) is 46.6 Å². The highest BCUT2D eigenvalue weighted by Crippen LogP contribution is 2.42. The second-order valence-electron chi connectivity index (χ2n) is 8.24. The number of nitrogens with one attached hydrogen (secondary N) is 1. The van der Waals surface area contributed by atoms with Crippen molar-refractivity contribution < 1.29 is 4.79 Å². The summed E-state index contributed by atoms with van der Waals surface area (Å²) >= 11 is 6.19. The van der Waals surface area contributed by atoms with E-state index in [9.17, 15) is 4.79 Å². The van der Waals surface area contributed by atoms with Crippen molar-refractivity contribution in [3.8, 4) is 0 Å². The van der Waals surface area contributed by atoms with Gasteiger partial charge in [-0.1, -0.05) is 72.3 Å². The van der Waals surface area contributed by atoms with E-state index in [1.54, 1.807) is 0 Å². The number of hydrogen-bond donors (Lipinski definition) is 1. The topological polar surface area (TPSA) is 32.3 Å². The number of anilines is 1. The molecular weight excluding hydrogens is 416 g/mol. The second-order valence-corrected chi connectivity index (χ2v) is 8.67. The third kappa shape index (κ3) is 4.09. The average Bonchev–Trinajstić information content (AvgIpc) is 2.84. The summed E-state index contributed by atoms with van der Waals surface area (Å²) in [4.78, 5) is 15.9. The van der Waals surface area contributed by atoms with Gasteiger partial charge in [0, 0.05) is 16.4 Å². The first-order chi connectivity index (χ1) is 15.7. The molecule has 1 heterocycles. The van der Waals surface area contributed by atoms with Crippen molar-refractivity contribution in [1.82, 2.24) is 5.32 Å². The first-order valence-electron chi connectivity index (χ1n) is 11.1. The second kappa shape index (κ2) is 9.05. The number of rotatable bonds is 4. The number of allylic oxidation sites excluding steroid dienone is 2. The van der Waals surface area contributed by atoms with Crippen molar-refractivity contribution in [3.05, 3.63) is 112 Å². The Morgan fingerprint density at radius 1 is 0.906 bits per heavy atom. The van der Waals surface area contributed by atoms with Crippen molar-refractivity contribution in [3.63, 3.8) is 0 Å². The van der Waals surface area contributed by atoms with Gasteiger partial charge in [0.05, 0.1) is 5.70 Å². The summed E-state index contributed by atoms with van der Waals surface area (Å²) in [6, 6.07) is 25.6. The lowest BCUT2D eigenvalue weighted by Gasteiger charge is -2.39. The van der Waals surface area contributed by atoms with E-state index in [0.717, 1.165) is 53.0 Å². The summed E-state index contributed by atoms with van der Waals surface area (Å²) in [6.07, 6.45) is 8.57. The van der Waals surface area contributed by atoms with Crippen LogP contribution in [0.25, 0.3) is 11.8 Å². The molecule has 1 aliphatic heterocycles. The molecule has 0 fully saturated rings. The summed E-state index contributed by atoms with van der Waals surface area (Å²) < 4.78 is 0. The van der Waals surface area contributed by atoms with Gasteiger partial charge >= 0.3 is 0 Å². The van der Waals surface area contributed by atoms with Crippen LogP contribution >= 0.6 is 11.6 Å². The molecule has 0 aromatic heterocycles. The molecule has 5 rings (SSSR count). The Labute approximate surface area is 194 Å². The molecular formula is C28H25ClN2O. The summed E-state index contributed by atoms with van der Waals surface area (Å²) in [7, 11) is 0. The summed E-state index contributed by atoms with van der Waals surface area (Å²) in [5.74, 6) is -0.0120. The lowest BCUT2D eigenvalue weighted by molar-refractivity contribution is -0.121. The Kier molecular flexibility index (Phi) is 5.83. The number of halogens is 1. The molecule has 3 nitrogen and oxygen atoms in total. The maximum absolute atomic E-state index is 13.8. The van der Waals surface area contributed by atoms with Crippen LogP contribution in [0.1, 0.15) is 48.4 Å². The molecule has 1 N–H and O–H groups in total. The fraction of sp³-hybridized carbons (Fsp3) is 0.179. The highest BCUT2D eigenvalue weighted by atomic mass is 35.5. The average molecular weight is 441 g/mol. The minimum Gasteiger partial charge on any atom is -0.328 e. The van der Waals surface area contributed by atoms with Crippen LogP contribution in [0, 0.1) is 0 Å². The van der Waals surface area contributed by atoms with Crippen molar-refractivity contribution >= 4 is 35.0 Å². The quantitative estimate of drug-likeness (QED) is 0.475. The highest BCUT2D eigenvalue weighted by molar-refractivity contribution is 6.30. The van der Waals surface area contributed by atoms with Crippen LogP contribution in [-0.4, -0.2) is 5.91 Å². The molecule has 32 heavy (non-hydrogen) atoms. The van der Waals surface area contributed by atoms with Crippen LogP contribution in [0.3, 0.4) is 0 Å². The Balaban J connectivity index is 1.65. The zero-order chi connectivity index (χ0) is 21.9. The van der Waals surface area contributed by atoms with E-state index < -0.39 is 6.04 Å². The van der Waals surface area contributed by atoms with Crippen molar-refractivity contribution in [2.75, 3.05) is 4.90 Å². The van der Waals surface area contributed by atoms with Crippen molar-refractivity contribution in [2.24, 2.45) is 0 Å². The molecule has 1 unspecified atom stereocenters. The minimum absolute atomic E-state index is 0.0120. The van der Waals surface area contributed by atoms with Gasteiger partial charge in [0.25, 0.3) is 5.91 Å². The molecule has 0 bridgehead atoms. The van der Waals surface area contributed by atoms with Crippen LogP contribution in [0.4, 0.5) is 5.69 Å². The lowest BCUT2D eigenvalue weighted by Crippen LogP contribution is -2.41. The minimum atomic E-state index is -0.490. The number of benzene rings is 3. The molecule has 2 aliphatic rings. The van der Waals surface area contributed by atoms with Crippen molar-refractivity contribution in [1.29, 1.82) is 0 Å². The molecule has 3 aromatic carbocycles. The first-order valence-corrected chi connectivity index (χ1v) is 11.5. The highest BCUT2D eigenvalue weighted by Gasteiger charge is 2.35. The third-order valence-electron chi connectivity index (χ3n) is 6.10. The number of carbonyl (C=O) groups excluding carboxylic acids is 1. The standard InChI is InChI=1S/C28H25ClN2O/c29-22-15-17-24(18-16-22)31-26(20-9-3-1-4-10-20)19-21-11-7-8-14-25(21)27(31)28(32)30-23-12-5-2-6-13-23/h1,3-4,7-12,14-19,27H,2,5-6,13H2,(H,30,32). The molecule has 1 atom stereocenters. The van der Waals surface area contributed by atoms with E-state index in [1.807, 2.05) is 54.6 Å². The van der Waals surface area contributed by atoms with E-state index in [4.69, 9.17) is 11.6 Å². The van der Waals surface area contributed by atoms with E-state index in [-0.39, 0.29) is 5.91 Å². The number of carbonyl (C=O) groups is 1. The first kappa shape index (κ1) is 20.6. The summed E-state index contributed by atoms with van der Waals surface area (Å²) in [5.41, 5.74) is 6.07. The van der Waals surface area contributed by atoms with Crippen LogP contribution in [0.15, 0.2) is 90.6 Å². The maximum atomic E-state index is 13.8. The van der Waals surface area contributed by atoms with Gasteiger partial charge in [0.2, 0.25) is 0 Å². The fourth-order valence-electron chi connectivity index (χ4n) is 4.54.